The average Bonchev–Trinajstić information content (AvgIpc) is 3.38. The Kier molecular flexibility index (Phi) is 5.00. The third kappa shape index (κ3) is 3.11. The molecule has 4 heteroatoms. The number of carbonyl (C=O) groups is 1. The fourth-order valence-electron chi connectivity index (χ4n) is 9.01. The van der Waals surface area contributed by atoms with Crippen molar-refractivity contribution in [1.82, 2.24) is 15.0 Å². The van der Waals surface area contributed by atoms with Gasteiger partial charge in [0.25, 0.3) is 0 Å². The van der Waals surface area contributed by atoms with Gasteiger partial charge in [0.15, 0.2) is 5.78 Å². The number of benzene rings is 1. The molecule has 1 aromatic heterocycles. The molecule has 4 aliphatic carbocycles. The van der Waals surface area contributed by atoms with Crippen LogP contribution in [-0.4, -0.2) is 20.8 Å². The number of rotatable bonds is 3. The zero-order valence-corrected chi connectivity index (χ0v) is 20.0. The molecule has 4 saturated carbocycles. The third-order valence-corrected chi connectivity index (χ3v) is 10.6. The molecule has 0 aliphatic heterocycles. The summed E-state index contributed by atoms with van der Waals surface area (Å²) in [6.45, 7) is 6.95. The van der Waals surface area contributed by atoms with Gasteiger partial charge in [-0.05, 0) is 111 Å². The molecule has 1 heterocycles. The van der Waals surface area contributed by atoms with Gasteiger partial charge in [-0.1, -0.05) is 32.4 Å². The number of hydrogen-bond acceptors (Lipinski definition) is 3. The summed E-state index contributed by atoms with van der Waals surface area (Å²) in [6, 6.07) is 7.64. The van der Waals surface area contributed by atoms with Crippen molar-refractivity contribution in [3.63, 3.8) is 0 Å². The van der Waals surface area contributed by atoms with Gasteiger partial charge in [-0.2, -0.15) is 15.0 Å². The van der Waals surface area contributed by atoms with Crippen LogP contribution in [0.15, 0.2) is 24.3 Å². The van der Waals surface area contributed by atoms with E-state index >= 15 is 0 Å². The summed E-state index contributed by atoms with van der Waals surface area (Å²) in [7, 11) is 0. The lowest BCUT2D eigenvalue weighted by Gasteiger charge is -2.56. The van der Waals surface area contributed by atoms with Crippen LogP contribution < -0.4 is 0 Å². The van der Waals surface area contributed by atoms with Gasteiger partial charge >= 0.3 is 0 Å². The summed E-state index contributed by atoms with van der Waals surface area (Å²) in [5.41, 5.74) is 1.93. The molecule has 9 atom stereocenters. The van der Waals surface area contributed by atoms with E-state index in [-0.39, 0.29) is 17.4 Å². The maximum Gasteiger partial charge on any atom is 0.162 e. The summed E-state index contributed by atoms with van der Waals surface area (Å²) < 4.78 is 0. The molecule has 0 spiro atoms. The predicted molar refractivity (Wildman–Crippen MR) is 127 cm³/mol. The minimum Gasteiger partial charge on any atom is -0.297 e. The van der Waals surface area contributed by atoms with Crippen molar-refractivity contribution in [1.29, 1.82) is 0 Å². The number of carbonyl (C=O) groups excluding carboxylic acids is 1. The van der Waals surface area contributed by atoms with Crippen molar-refractivity contribution in [2.24, 2.45) is 46.8 Å². The van der Waals surface area contributed by atoms with E-state index in [1.807, 2.05) is 31.2 Å². The van der Waals surface area contributed by atoms with Gasteiger partial charge in [0.1, 0.15) is 17.1 Å². The van der Waals surface area contributed by atoms with Crippen LogP contribution >= 0.6 is 0 Å². The maximum atomic E-state index is 13.8. The third-order valence-electron chi connectivity index (χ3n) is 10.6. The van der Waals surface area contributed by atoms with E-state index in [2.05, 4.69) is 24.0 Å². The number of ketones is 1. The van der Waals surface area contributed by atoms with Gasteiger partial charge in [0.2, 0.25) is 0 Å². The smallest absolute Gasteiger partial charge is 0.162 e. The van der Waals surface area contributed by atoms with Gasteiger partial charge in [-0.25, -0.2) is 0 Å². The lowest BCUT2D eigenvalue weighted by atomic mass is 9.49. The summed E-state index contributed by atoms with van der Waals surface area (Å²) in [5, 5.41) is 9.27. The molecule has 0 amide bonds. The molecule has 8 unspecified atom stereocenters. The van der Waals surface area contributed by atoms with Crippen LogP contribution in [0, 0.1) is 46.8 Å². The summed E-state index contributed by atoms with van der Waals surface area (Å²) in [5.74, 6) is 5.98. The molecule has 4 aliphatic rings. The second-order valence-corrected chi connectivity index (χ2v) is 12.1. The first-order valence-corrected chi connectivity index (χ1v) is 13.3. The molecular formula is C28H39N3O. The minimum absolute atomic E-state index is 0.168. The average molecular weight is 434 g/mol. The number of aromatic nitrogens is 3. The van der Waals surface area contributed by atoms with Crippen molar-refractivity contribution < 1.29 is 4.79 Å². The molecule has 0 saturated heterocycles. The number of hydrogen-bond donors (Lipinski definition) is 0. The van der Waals surface area contributed by atoms with Gasteiger partial charge in [0, 0.05) is 5.92 Å². The molecule has 32 heavy (non-hydrogen) atoms. The van der Waals surface area contributed by atoms with Crippen LogP contribution in [0.25, 0.3) is 11.0 Å². The largest absolute Gasteiger partial charge is 0.297 e. The number of fused-ring (bicyclic) bond motifs is 6. The lowest BCUT2D eigenvalue weighted by molar-refractivity contribution is -0.133. The molecule has 6 rings (SSSR count). The minimum atomic E-state index is -0.281. The Balaban J connectivity index is 1.22. The molecule has 4 nitrogen and oxygen atoms in total. The molecule has 2 aromatic rings. The van der Waals surface area contributed by atoms with E-state index in [1.165, 1.54) is 51.4 Å². The Morgan fingerprint density at radius 1 is 0.969 bits per heavy atom. The standard InChI is InChI=1S/C28H39N3O/c1-17-8-10-20-19(16-17)9-11-22-21(20)14-15-28(3)23(22)12-13-24(28)27(32)18(2)31-29-25-6-4-5-7-26(25)30-31/h4-7,17-24H,8-16H2,1-3H3/t17?,18-,19?,20?,21?,22?,23?,24?,28?/m0/s1. The van der Waals surface area contributed by atoms with E-state index < -0.39 is 0 Å². The van der Waals surface area contributed by atoms with E-state index in [9.17, 15) is 4.79 Å². The zero-order valence-electron chi connectivity index (χ0n) is 20.0. The van der Waals surface area contributed by atoms with E-state index in [1.54, 1.807) is 4.80 Å². The fraction of sp³-hybridized carbons (Fsp3) is 0.750. The normalized spacial score (nSPS) is 42.2. The SMILES string of the molecule is CC1CCC2C(CCC3C2CCC2(C)C(C(=O)[C@H](C)n4nc5ccccc5n4)CCC32)C1. The highest BCUT2D eigenvalue weighted by Gasteiger charge is 2.58. The maximum absolute atomic E-state index is 13.8. The first-order chi connectivity index (χ1) is 15.5. The highest BCUT2D eigenvalue weighted by atomic mass is 16.1. The molecule has 0 bridgehead atoms. The van der Waals surface area contributed by atoms with Gasteiger partial charge in [-0.15, -0.1) is 0 Å². The molecule has 0 radical (unpaired) electrons. The topological polar surface area (TPSA) is 47.8 Å². The van der Waals surface area contributed by atoms with Crippen LogP contribution in [0.2, 0.25) is 0 Å². The van der Waals surface area contributed by atoms with Crippen LogP contribution in [0.3, 0.4) is 0 Å². The van der Waals surface area contributed by atoms with Crippen molar-refractivity contribution >= 4 is 16.8 Å². The van der Waals surface area contributed by atoms with Crippen LogP contribution in [0.4, 0.5) is 0 Å². The molecule has 4 fully saturated rings. The van der Waals surface area contributed by atoms with E-state index in [0.29, 0.717) is 5.78 Å². The van der Waals surface area contributed by atoms with Crippen LogP contribution in [0.1, 0.15) is 84.6 Å². The molecular weight excluding hydrogens is 394 g/mol. The van der Waals surface area contributed by atoms with Crippen LogP contribution in [0.5, 0.6) is 0 Å². The second kappa shape index (κ2) is 7.67. The summed E-state index contributed by atoms with van der Waals surface area (Å²) in [6.07, 6.45) is 12.2. The van der Waals surface area contributed by atoms with Gasteiger partial charge < -0.3 is 0 Å². The van der Waals surface area contributed by atoms with Gasteiger partial charge in [0.05, 0.1) is 0 Å². The monoisotopic (exact) mass is 433 g/mol. The van der Waals surface area contributed by atoms with Crippen molar-refractivity contribution in [3.8, 4) is 0 Å². The quantitative estimate of drug-likeness (QED) is 0.557. The van der Waals surface area contributed by atoms with Crippen molar-refractivity contribution in [2.45, 2.75) is 84.6 Å². The molecule has 0 N–H and O–H groups in total. The second-order valence-electron chi connectivity index (χ2n) is 12.1. The van der Waals surface area contributed by atoms with Crippen molar-refractivity contribution in [3.05, 3.63) is 24.3 Å². The van der Waals surface area contributed by atoms with Crippen LogP contribution in [-0.2, 0) is 4.79 Å². The van der Waals surface area contributed by atoms with E-state index in [4.69, 9.17) is 0 Å². The van der Waals surface area contributed by atoms with Gasteiger partial charge in [-0.3, -0.25) is 4.79 Å². The Labute approximate surface area is 192 Å². The molecule has 1 aromatic carbocycles. The Hall–Kier alpha value is -1.71. The van der Waals surface area contributed by atoms with E-state index in [0.717, 1.165) is 53.0 Å². The highest BCUT2D eigenvalue weighted by molar-refractivity contribution is 5.86. The fourth-order valence-corrected chi connectivity index (χ4v) is 9.01. The lowest BCUT2D eigenvalue weighted by Crippen LogP contribution is -2.49. The highest BCUT2D eigenvalue weighted by Crippen LogP contribution is 2.64. The zero-order chi connectivity index (χ0) is 22.0. The van der Waals surface area contributed by atoms with Crippen molar-refractivity contribution in [2.75, 3.05) is 0 Å². The Morgan fingerprint density at radius 3 is 2.44 bits per heavy atom. The summed E-state index contributed by atoms with van der Waals surface area (Å²) in [4.78, 5) is 15.5. The predicted octanol–water partition coefficient (Wildman–Crippen LogP) is 6.47. The first kappa shape index (κ1) is 20.9. The first-order valence-electron chi connectivity index (χ1n) is 13.3. The molecule has 172 valence electrons. The number of Topliss-reactive ketones (excluding diaryl/α,β-unsaturated/α-hetero) is 1. The Morgan fingerprint density at radius 2 is 1.69 bits per heavy atom. The number of nitrogens with zero attached hydrogens (tertiary/aromatic N) is 3. The Bertz CT molecular complexity index is 980. The summed E-state index contributed by atoms with van der Waals surface area (Å²) >= 11 is 0.